The lowest BCUT2D eigenvalue weighted by Crippen LogP contribution is -2.05. The van der Waals surface area contributed by atoms with Crippen molar-refractivity contribution in [3.63, 3.8) is 0 Å². The summed E-state index contributed by atoms with van der Waals surface area (Å²) < 4.78 is 26.5. The Morgan fingerprint density at radius 3 is 2.56 bits per heavy atom. The van der Waals surface area contributed by atoms with E-state index in [1.54, 1.807) is 0 Å². The van der Waals surface area contributed by atoms with Crippen LogP contribution in [0.2, 0.25) is 5.02 Å². The van der Waals surface area contributed by atoms with Crippen LogP contribution in [0.5, 0.6) is 5.75 Å². The molecule has 6 nitrogen and oxygen atoms in total. The van der Waals surface area contributed by atoms with Crippen molar-refractivity contribution in [2.24, 2.45) is 0 Å². The van der Waals surface area contributed by atoms with Gasteiger partial charge in [0, 0.05) is 22.8 Å². The molecule has 0 unspecified atom stereocenters. The van der Waals surface area contributed by atoms with E-state index in [-0.39, 0.29) is 35.2 Å². The number of ether oxygens (including phenoxy) is 1. The molecule has 0 bridgehead atoms. The van der Waals surface area contributed by atoms with Crippen molar-refractivity contribution in [2.75, 3.05) is 12.4 Å². The molecule has 1 rings (SSSR count). The number of halogens is 2. The first-order valence-corrected chi connectivity index (χ1v) is 7.64. The Labute approximate surface area is 113 Å². The van der Waals surface area contributed by atoms with Gasteiger partial charge in [0.25, 0.3) is 5.69 Å². The number of nitrogens with zero attached hydrogens (tertiary/aromatic N) is 1. The number of rotatable bonds is 6. The van der Waals surface area contributed by atoms with Gasteiger partial charge in [0.15, 0.2) is 0 Å². The van der Waals surface area contributed by atoms with E-state index in [0.717, 1.165) is 6.07 Å². The largest absolute Gasteiger partial charge is 0.492 e. The second-order valence-corrected chi connectivity index (χ2v) is 6.62. The topological polar surface area (TPSA) is 86.5 Å². The summed E-state index contributed by atoms with van der Waals surface area (Å²) >= 11 is 5.77. The second-order valence-electron chi connectivity index (χ2n) is 3.32. The third-order valence-electron chi connectivity index (χ3n) is 1.92. The van der Waals surface area contributed by atoms with E-state index < -0.39 is 14.0 Å². The van der Waals surface area contributed by atoms with E-state index in [9.17, 15) is 18.5 Å². The average molecular weight is 314 g/mol. The Bertz CT molecular complexity index is 546. The van der Waals surface area contributed by atoms with Gasteiger partial charge in [-0.1, -0.05) is 11.6 Å². The highest BCUT2D eigenvalue weighted by Gasteiger charge is 2.10. The zero-order valence-corrected chi connectivity index (χ0v) is 11.3. The fraction of sp³-hybridized carbons (Fsp3) is 0.333. The molecule has 0 N–H and O–H groups in total. The molecule has 0 heterocycles. The molecule has 0 spiro atoms. The van der Waals surface area contributed by atoms with E-state index in [1.165, 1.54) is 12.1 Å². The smallest absolute Gasteiger partial charge is 0.271 e. The van der Waals surface area contributed by atoms with E-state index in [1.807, 2.05) is 0 Å². The van der Waals surface area contributed by atoms with Crippen LogP contribution < -0.4 is 4.74 Å². The third-order valence-corrected chi connectivity index (χ3v) is 3.45. The summed E-state index contributed by atoms with van der Waals surface area (Å²) in [5.41, 5.74) is -0.143. The summed E-state index contributed by atoms with van der Waals surface area (Å²) in [6.45, 7) is 0.101. The molecule has 0 saturated heterocycles. The predicted molar refractivity (Wildman–Crippen MR) is 67.9 cm³/mol. The Balaban J connectivity index is 2.56. The van der Waals surface area contributed by atoms with Gasteiger partial charge in [0.1, 0.15) is 5.75 Å². The van der Waals surface area contributed by atoms with Crippen LogP contribution in [-0.2, 0) is 9.05 Å². The van der Waals surface area contributed by atoms with Crippen LogP contribution in [0, 0.1) is 10.1 Å². The Kier molecular flexibility index (Phi) is 5.18. The van der Waals surface area contributed by atoms with Crippen molar-refractivity contribution >= 4 is 37.0 Å². The van der Waals surface area contributed by atoms with Gasteiger partial charge in [-0.15, -0.1) is 0 Å². The highest BCUT2D eigenvalue weighted by Crippen LogP contribution is 2.28. The van der Waals surface area contributed by atoms with Gasteiger partial charge in [-0.05, 0) is 12.5 Å². The number of benzene rings is 1. The van der Waals surface area contributed by atoms with Gasteiger partial charge >= 0.3 is 0 Å². The van der Waals surface area contributed by atoms with Gasteiger partial charge in [0.05, 0.1) is 22.3 Å². The fourth-order valence-electron chi connectivity index (χ4n) is 1.13. The molecule has 0 amide bonds. The monoisotopic (exact) mass is 313 g/mol. The first-order valence-electron chi connectivity index (χ1n) is 4.78. The molecule has 9 heteroatoms. The molecule has 0 fully saturated rings. The minimum Gasteiger partial charge on any atom is -0.492 e. The predicted octanol–water partition coefficient (Wildman–Crippen LogP) is 2.59. The standard InChI is InChI=1S/C9H9Cl2NO5S/c10-8-6-7(12(13)14)2-3-9(8)17-4-1-5-18(11,15)16/h2-3,6H,1,4-5H2. The van der Waals surface area contributed by atoms with Crippen LogP contribution >= 0.6 is 22.3 Å². The van der Waals surface area contributed by atoms with Crippen LogP contribution in [-0.4, -0.2) is 25.7 Å². The summed E-state index contributed by atoms with van der Waals surface area (Å²) in [5, 5.41) is 10.6. The lowest BCUT2D eigenvalue weighted by Gasteiger charge is -2.06. The van der Waals surface area contributed by atoms with Crippen molar-refractivity contribution in [3.8, 4) is 5.75 Å². The molecule has 0 saturated carbocycles. The van der Waals surface area contributed by atoms with Crippen LogP contribution in [0.4, 0.5) is 5.69 Å². The van der Waals surface area contributed by atoms with Crippen molar-refractivity contribution in [1.29, 1.82) is 0 Å². The van der Waals surface area contributed by atoms with Gasteiger partial charge in [-0.3, -0.25) is 10.1 Å². The third kappa shape index (κ3) is 5.07. The van der Waals surface area contributed by atoms with Crippen LogP contribution in [0.1, 0.15) is 6.42 Å². The summed E-state index contributed by atoms with van der Waals surface area (Å²) in [6.07, 6.45) is 0.207. The maximum Gasteiger partial charge on any atom is 0.271 e. The molecule has 0 atom stereocenters. The number of hydrogen-bond acceptors (Lipinski definition) is 5. The maximum absolute atomic E-state index is 10.6. The Morgan fingerprint density at radius 2 is 2.06 bits per heavy atom. The first kappa shape index (κ1) is 15.0. The minimum atomic E-state index is -3.54. The molecule has 100 valence electrons. The molecule has 0 aromatic heterocycles. The zero-order chi connectivity index (χ0) is 13.8. The van der Waals surface area contributed by atoms with E-state index in [2.05, 4.69) is 0 Å². The Morgan fingerprint density at radius 1 is 1.39 bits per heavy atom. The molecule has 1 aromatic carbocycles. The van der Waals surface area contributed by atoms with Crippen LogP contribution in [0.3, 0.4) is 0 Å². The number of non-ortho nitro benzene ring substituents is 1. The lowest BCUT2D eigenvalue weighted by molar-refractivity contribution is -0.384. The maximum atomic E-state index is 10.6. The highest BCUT2D eigenvalue weighted by atomic mass is 35.7. The van der Waals surface area contributed by atoms with E-state index >= 15 is 0 Å². The fourth-order valence-corrected chi connectivity index (χ4v) is 2.15. The van der Waals surface area contributed by atoms with Crippen molar-refractivity contribution < 1.29 is 18.1 Å². The number of nitro benzene ring substituents is 1. The quantitative estimate of drug-likeness (QED) is 0.348. The summed E-state index contributed by atoms with van der Waals surface area (Å²) in [5.74, 6) is 0.0494. The van der Waals surface area contributed by atoms with Gasteiger partial charge in [0.2, 0.25) is 9.05 Å². The van der Waals surface area contributed by atoms with Crippen molar-refractivity contribution in [2.45, 2.75) is 6.42 Å². The normalized spacial score (nSPS) is 11.2. The SMILES string of the molecule is O=[N+]([O-])c1ccc(OCCCS(=O)(=O)Cl)c(Cl)c1. The number of nitro groups is 1. The van der Waals surface area contributed by atoms with Crippen molar-refractivity contribution in [1.82, 2.24) is 0 Å². The van der Waals surface area contributed by atoms with Crippen molar-refractivity contribution in [3.05, 3.63) is 33.3 Å². The molecular formula is C9H9Cl2NO5S. The molecule has 0 aliphatic rings. The van der Waals surface area contributed by atoms with Crippen LogP contribution in [0.25, 0.3) is 0 Å². The van der Waals surface area contributed by atoms with Gasteiger partial charge < -0.3 is 4.74 Å². The second kappa shape index (κ2) is 6.21. The van der Waals surface area contributed by atoms with E-state index in [4.69, 9.17) is 27.0 Å². The average Bonchev–Trinajstić information content (AvgIpc) is 2.24. The summed E-state index contributed by atoms with van der Waals surface area (Å²) in [6, 6.07) is 3.77. The van der Waals surface area contributed by atoms with Gasteiger partial charge in [-0.2, -0.15) is 0 Å². The molecule has 1 aromatic rings. The molecule has 0 radical (unpaired) electrons. The lowest BCUT2D eigenvalue weighted by atomic mass is 10.3. The Hall–Kier alpha value is -1.05. The zero-order valence-electron chi connectivity index (χ0n) is 9.01. The molecule has 18 heavy (non-hydrogen) atoms. The minimum absolute atomic E-state index is 0.0953. The first-order chi connectivity index (χ1) is 8.29. The van der Waals surface area contributed by atoms with E-state index in [0.29, 0.717) is 0 Å². The summed E-state index contributed by atoms with van der Waals surface area (Å²) in [4.78, 5) is 9.89. The molecular weight excluding hydrogens is 305 g/mol. The molecule has 0 aliphatic carbocycles. The highest BCUT2D eigenvalue weighted by molar-refractivity contribution is 8.13. The van der Waals surface area contributed by atoms with Gasteiger partial charge in [-0.25, -0.2) is 8.42 Å². The molecule has 0 aliphatic heterocycles. The summed E-state index contributed by atoms with van der Waals surface area (Å²) in [7, 11) is 1.48. The number of hydrogen-bond donors (Lipinski definition) is 0. The van der Waals surface area contributed by atoms with Crippen LogP contribution in [0.15, 0.2) is 18.2 Å².